The molecule has 1 aromatic heterocycles. The Morgan fingerprint density at radius 1 is 1.57 bits per heavy atom. The molecule has 1 aliphatic rings. The van der Waals surface area contributed by atoms with Crippen molar-refractivity contribution in [3.05, 3.63) is 6.20 Å². The van der Waals surface area contributed by atoms with Gasteiger partial charge in [-0.3, -0.25) is 0 Å². The molecule has 1 saturated heterocycles. The first-order valence-corrected chi connectivity index (χ1v) is 5.68. The molecule has 0 aromatic carbocycles. The molecule has 78 valence electrons. The molecule has 0 radical (unpaired) electrons. The van der Waals surface area contributed by atoms with Gasteiger partial charge < -0.3 is 15.7 Å². The predicted molar refractivity (Wildman–Crippen MR) is 58.5 cm³/mol. The average molecular weight is 213 g/mol. The second kappa shape index (κ2) is 4.14. The van der Waals surface area contributed by atoms with Gasteiger partial charge in [0.05, 0.1) is 6.20 Å². The molecule has 5 heteroatoms. The minimum absolute atomic E-state index is 0.313. The van der Waals surface area contributed by atoms with E-state index in [0.29, 0.717) is 12.5 Å². The summed E-state index contributed by atoms with van der Waals surface area (Å²) in [6.07, 6.45) is 3.81. The normalized spacial score (nSPS) is 18.8. The van der Waals surface area contributed by atoms with Crippen molar-refractivity contribution in [3.8, 4) is 0 Å². The van der Waals surface area contributed by atoms with Gasteiger partial charge in [0.15, 0.2) is 5.13 Å². The number of hydrogen-bond donors (Lipinski definition) is 2. The molecular weight excluding hydrogens is 198 g/mol. The summed E-state index contributed by atoms with van der Waals surface area (Å²) in [5.74, 6) is 0.476. The van der Waals surface area contributed by atoms with E-state index >= 15 is 0 Å². The lowest BCUT2D eigenvalue weighted by Gasteiger charge is -2.30. The standard InChI is InChI=1S/C9H15N3OS/c10-8-5-11-9(14-8)12-3-1-7(6-13)2-4-12/h5,7,13H,1-4,6,10H2. The quantitative estimate of drug-likeness (QED) is 0.767. The topological polar surface area (TPSA) is 62.4 Å². The van der Waals surface area contributed by atoms with E-state index in [1.54, 1.807) is 6.20 Å². The van der Waals surface area contributed by atoms with Gasteiger partial charge in [-0.2, -0.15) is 0 Å². The van der Waals surface area contributed by atoms with Crippen LogP contribution < -0.4 is 10.6 Å². The molecule has 1 fully saturated rings. The van der Waals surface area contributed by atoms with Gasteiger partial charge in [0.1, 0.15) is 5.00 Å². The highest BCUT2D eigenvalue weighted by Crippen LogP contribution is 2.27. The molecule has 1 aliphatic heterocycles. The summed E-state index contributed by atoms with van der Waals surface area (Å²) in [5, 5.41) is 10.8. The average Bonchev–Trinajstić information content (AvgIpc) is 2.65. The van der Waals surface area contributed by atoms with Gasteiger partial charge in [-0.25, -0.2) is 4.98 Å². The third kappa shape index (κ3) is 1.99. The highest BCUT2D eigenvalue weighted by atomic mass is 32.1. The van der Waals surface area contributed by atoms with Crippen LogP contribution in [0.15, 0.2) is 6.20 Å². The molecule has 2 heterocycles. The molecule has 14 heavy (non-hydrogen) atoms. The maximum atomic E-state index is 9.00. The zero-order valence-electron chi connectivity index (χ0n) is 8.02. The first-order chi connectivity index (χ1) is 6.79. The van der Waals surface area contributed by atoms with E-state index in [1.807, 2.05) is 0 Å². The number of aliphatic hydroxyl groups is 1. The second-order valence-electron chi connectivity index (χ2n) is 3.66. The fourth-order valence-electron chi connectivity index (χ4n) is 1.73. The fourth-order valence-corrected chi connectivity index (χ4v) is 2.46. The summed E-state index contributed by atoms with van der Waals surface area (Å²) in [4.78, 5) is 6.49. The zero-order valence-corrected chi connectivity index (χ0v) is 8.83. The number of nitrogen functional groups attached to an aromatic ring is 1. The van der Waals surface area contributed by atoms with E-state index in [4.69, 9.17) is 10.8 Å². The Bertz CT molecular complexity index is 294. The van der Waals surface area contributed by atoms with E-state index in [9.17, 15) is 0 Å². The van der Waals surface area contributed by atoms with Crippen molar-refractivity contribution in [2.45, 2.75) is 12.8 Å². The van der Waals surface area contributed by atoms with Crippen LogP contribution in [0, 0.1) is 5.92 Å². The van der Waals surface area contributed by atoms with Crippen LogP contribution in [0.25, 0.3) is 0 Å². The minimum Gasteiger partial charge on any atom is -0.396 e. The van der Waals surface area contributed by atoms with Gasteiger partial charge >= 0.3 is 0 Å². The van der Waals surface area contributed by atoms with Crippen molar-refractivity contribution in [1.82, 2.24) is 4.98 Å². The lowest BCUT2D eigenvalue weighted by atomic mass is 9.98. The molecule has 3 N–H and O–H groups in total. The van der Waals surface area contributed by atoms with Crippen LogP contribution in [-0.2, 0) is 0 Å². The fraction of sp³-hybridized carbons (Fsp3) is 0.667. The summed E-state index contributed by atoms with van der Waals surface area (Å²) >= 11 is 1.53. The maximum Gasteiger partial charge on any atom is 0.187 e. The van der Waals surface area contributed by atoms with Crippen molar-refractivity contribution < 1.29 is 5.11 Å². The molecular formula is C9H15N3OS. The molecule has 4 nitrogen and oxygen atoms in total. The van der Waals surface area contributed by atoms with Crippen LogP contribution in [0.4, 0.5) is 10.1 Å². The Kier molecular flexibility index (Phi) is 2.88. The highest BCUT2D eigenvalue weighted by Gasteiger charge is 2.20. The Labute approximate surface area is 87.4 Å². The van der Waals surface area contributed by atoms with Crippen LogP contribution in [0.1, 0.15) is 12.8 Å². The van der Waals surface area contributed by atoms with Crippen molar-refractivity contribution in [2.24, 2.45) is 5.92 Å². The van der Waals surface area contributed by atoms with Gasteiger partial charge in [0.2, 0.25) is 0 Å². The maximum absolute atomic E-state index is 9.00. The Morgan fingerprint density at radius 2 is 2.29 bits per heavy atom. The summed E-state index contributed by atoms with van der Waals surface area (Å²) in [7, 11) is 0. The Balaban J connectivity index is 1.95. The molecule has 0 spiro atoms. The number of aromatic nitrogens is 1. The Hall–Kier alpha value is -0.810. The number of nitrogens with zero attached hydrogens (tertiary/aromatic N) is 2. The second-order valence-corrected chi connectivity index (χ2v) is 4.70. The van der Waals surface area contributed by atoms with Crippen molar-refractivity contribution >= 4 is 21.5 Å². The Morgan fingerprint density at radius 3 is 2.79 bits per heavy atom. The lowest BCUT2D eigenvalue weighted by Crippen LogP contribution is -2.34. The van der Waals surface area contributed by atoms with Crippen LogP contribution in [0.3, 0.4) is 0 Å². The van der Waals surface area contributed by atoms with Gasteiger partial charge in [-0.05, 0) is 18.8 Å². The smallest absolute Gasteiger partial charge is 0.187 e. The predicted octanol–water partition coefficient (Wildman–Crippen LogP) is 0.934. The number of hydrogen-bond acceptors (Lipinski definition) is 5. The third-order valence-corrected chi connectivity index (χ3v) is 3.54. The van der Waals surface area contributed by atoms with E-state index in [-0.39, 0.29) is 0 Å². The number of rotatable bonds is 2. The largest absolute Gasteiger partial charge is 0.396 e. The monoisotopic (exact) mass is 213 g/mol. The van der Waals surface area contributed by atoms with Gasteiger partial charge in [-0.15, -0.1) is 0 Å². The van der Waals surface area contributed by atoms with Crippen LogP contribution in [-0.4, -0.2) is 29.8 Å². The molecule has 1 aromatic rings. The third-order valence-electron chi connectivity index (χ3n) is 2.65. The number of aliphatic hydroxyl groups excluding tert-OH is 1. The molecule has 0 atom stereocenters. The van der Waals surface area contributed by atoms with Crippen LogP contribution in [0.2, 0.25) is 0 Å². The van der Waals surface area contributed by atoms with Crippen molar-refractivity contribution in [3.63, 3.8) is 0 Å². The number of nitrogens with two attached hydrogens (primary N) is 1. The number of anilines is 2. The number of piperidine rings is 1. The molecule has 0 bridgehead atoms. The molecule has 0 aliphatic carbocycles. The van der Waals surface area contributed by atoms with E-state index in [0.717, 1.165) is 36.1 Å². The molecule has 0 saturated carbocycles. The van der Waals surface area contributed by atoms with Crippen LogP contribution >= 0.6 is 11.3 Å². The van der Waals surface area contributed by atoms with Crippen molar-refractivity contribution in [1.29, 1.82) is 0 Å². The van der Waals surface area contributed by atoms with E-state index in [1.165, 1.54) is 11.3 Å². The first kappa shape index (κ1) is 9.73. The summed E-state index contributed by atoms with van der Waals surface area (Å²) in [5.41, 5.74) is 5.63. The number of thiazole rings is 1. The lowest BCUT2D eigenvalue weighted by molar-refractivity contribution is 0.203. The van der Waals surface area contributed by atoms with Gasteiger partial charge in [-0.1, -0.05) is 11.3 Å². The van der Waals surface area contributed by atoms with E-state index < -0.39 is 0 Å². The zero-order chi connectivity index (χ0) is 9.97. The summed E-state index contributed by atoms with van der Waals surface area (Å²) in [6, 6.07) is 0. The summed E-state index contributed by atoms with van der Waals surface area (Å²) in [6.45, 7) is 2.28. The van der Waals surface area contributed by atoms with Gasteiger partial charge in [0.25, 0.3) is 0 Å². The first-order valence-electron chi connectivity index (χ1n) is 4.86. The summed E-state index contributed by atoms with van der Waals surface area (Å²) < 4.78 is 0. The molecule has 0 amide bonds. The molecule has 0 unspecified atom stereocenters. The minimum atomic E-state index is 0.313. The van der Waals surface area contributed by atoms with Crippen molar-refractivity contribution in [2.75, 3.05) is 30.3 Å². The van der Waals surface area contributed by atoms with Gasteiger partial charge in [0, 0.05) is 19.7 Å². The SMILES string of the molecule is Nc1cnc(N2CCC(CO)CC2)s1. The van der Waals surface area contributed by atoms with Crippen LogP contribution in [0.5, 0.6) is 0 Å². The highest BCUT2D eigenvalue weighted by molar-refractivity contribution is 7.19. The molecule has 2 rings (SSSR count). The van der Waals surface area contributed by atoms with E-state index in [2.05, 4.69) is 9.88 Å².